The zero-order valence-electron chi connectivity index (χ0n) is 14.8. The second-order valence-corrected chi connectivity index (χ2v) is 5.20. The molecule has 0 fully saturated rings. The van der Waals surface area contributed by atoms with E-state index in [9.17, 15) is 14.4 Å². The Morgan fingerprint density at radius 2 is 2.04 bits per heavy atom. The molecule has 25 heavy (non-hydrogen) atoms. The van der Waals surface area contributed by atoms with Crippen molar-refractivity contribution < 1.29 is 28.6 Å². The molecule has 8 heteroatoms. The average Bonchev–Trinajstić information content (AvgIpc) is 2.60. The molecule has 0 heterocycles. The maximum absolute atomic E-state index is 11.7. The van der Waals surface area contributed by atoms with Crippen LogP contribution in [0.2, 0.25) is 0 Å². The highest BCUT2D eigenvalue weighted by Crippen LogP contribution is 2.21. The molecule has 0 bridgehead atoms. The molecule has 0 radical (unpaired) electrons. The van der Waals surface area contributed by atoms with Crippen molar-refractivity contribution in [1.82, 2.24) is 4.90 Å². The van der Waals surface area contributed by atoms with Crippen LogP contribution in [0.3, 0.4) is 0 Å². The molecule has 0 spiro atoms. The molecule has 0 aromatic heterocycles. The number of carbonyl (C=O) groups excluding carboxylic acids is 3. The molecule has 1 amide bonds. The Morgan fingerprint density at radius 1 is 1.36 bits per heavy atom. The van der Waals surface area contributed by atoms with Gasteiger partial charge in [-0.3, -0.25) is 9.59 Å². The lowest BCUT2D eigenvalue weighted by Gasteiger charge is -2.23. The minimum atomic E-state index is -0.864. The number of hydrogen-bond donors (Lipinski definition) is 0. The highest BCUT2D eigenvalue weighted by molar-refractivity contribution is 5.89. The predicted molar refractivity (Wildman–Crippen MR) is 88.8 cm³/mol. The summed E-state index contributed by atoms with van der Waals surface area (Å²) in [5, 5.41) is 8.67. The van der Waals surface area contributed by atoms with Gasteiger partial charge in [-0.25, -0.2) is 4.79 Å². The zero-order chi connectivity index (χ0) is 19.2. The maximum Gasteiger partial charge on any atom is 0.336 e. The van der Waals surface area contributed by atoms with Crippen molar-refractivity contribution in [3.8, 4) is 6.07 Å². The number of esters is 2. The topological polar surface area (TPSA) is 106 Å². The van der Waals surface area contributed by atoms with Crippen LogP contribution in [0.15, 0.2) is 24.5 Å². The van der Waals surface area contributed by atoms with Gasteiger partial charge in [-0.2, -0.15) is 5.26 Å². The maximum atomic E-state index is 11.7. The summed E-state index contributed by atoms with van der Waals surface area (Å²) in [7, 11) is 2.70. The number of amides is 1. The van der Waals surface area contributed by atoms with E-state index in [0.717, 1.165) is 0 Å². The van der Waals surface area contributed by atoms with Gasteiger partial charge in [0.15, 0.2) is 0 Å². The molecule has 0 unspecified atom stereocenters. The predicted octanol–water partition coefficient (Wildman–Crippen LogP) is 1.19. The average molecular weight is 352 g/mol. The van der Waals surface area contributed by atoms with E-state index >= 15 is 0 Å². The van der Waals surface area contributed by atoms with E-state index < -0.39 is 18.0 Å². The molecule has 0 aliphatic carbocycles. The van der Waals surface area contributed by atoms with Gasteiger partial charge < -0.3 is 19.1 Å². The fraction of sp³-hybridized carbons (Fsp3) is 0.529. The lowest BCUT2D eigenvalue weighted by molar-refractivity contribution is -0.147. The van der Waals surface area contributed by atoms with E-state index in [4.69, 9.17) is 14.7 Å². The van der Waals surface area contributed by atoms with Gasteiger partial charge in [0.25, 0.3) is 0 Å². The summed E-state index contributed by atoms with van der Waals surface area (Å²) in [6.45, 7) is 5.18. The van der Waals surface area contributed by atoms with E-state index in [-0.39, 0.29) is 24.5 Å². The van der Waals surface area contributed by atoms with Crippen LogP contribution in [0.5, 0.6) is 0 Å². The normalized spacial score (nSPS) is 12.6. The third-order valence-electron chi connectivity index (χ3n) is 3.36. The largest absolute Gasteiger partial charge is 0.505 e. The first-order chi connectivity index (χ1) is 11.9. The second-order valence-electron chi connectivity index (χ2n) is 5.20. The Labute approximate surface area is 147 Å². The molecule has 0 saturated carbocycles. The molecular formula is C17H24N2O6. The van der Waals surface area contributed by atoms with Crippen LogP contribution in [0, 0.1) is 17.2 Å². The van der Waals surface area contributed by atoms with E-state index in [1.807, 2.05) is 6.07 Å². The van der Waals surface area contributed by atoms with Gasteiger partial charge >= 0.3 is 11.9 Å². The van der Waals surface area contributed by atoms with Crippen LogP contribution in [-0.4, -0.2) is 56.7 Å². The lowest BCUT2D eigenvalue weighted by Crippen LogP contribution is -2.29. The molecule has 0 aromatic rings. The molecule has 138 valence electrons. The summed E-state index contributed by atoms with van der Waals surface area (Å²) in [6.07, 6.45) is 3.66. The van der Waals surface area contributed by atoms with Gasteiger partial charge in [0.1, 0.15) is 12.6 Å². The van der Waals surface area contributed by atoms with E-state index in [1.165, 1.54) is 32.3 Å². The number of nitriles is 1. The first kappa shape index (κ1) is 22.2. The first-order valence-electron chi connectivity index (χ1n) is 7.59. The van der Waals surface area contributed by atoms with Gasteiger partial charge in [-0.1, -0.05) is 6.58 Å². The fourth-order valence-corrected chi connectivity index (χ4v) is 2.07. The van der Waals surface area contributed by atoms with Crippen LogP contribution in [0.4, 0.5) is 0 Å². The van der Waals surface area contributed by atoms with E-state index in [0.29, 0.717) is 19.4 Å². The Balaban J connectivity index is 5.13. The summed E-state index contributed by atoms with van der Waals surface area (Å²) < 4.78 is 14.7. The molecule has 0 aromatic carbocycles. The van der Waals surface area contributed by atoms with Crippen molar-refractivity contribution in [2.75, 3.05) is 27.3 Å². The van der Waals surface area contributed by atoms with Gasteiger partial charge in [0.05, 0.1) is 32.1 Å². The van der Waals surface area contributed by atoms with Crippen LogP contribution in [0.25, 0.3) is 0 Å². The van der Waals surface area contributed by atoms with Gasteiger partial charge in [0, 0.05) is 13.5 Å². The quantitative estimate of drug-likeness (QED) is 0.171. The Hall–Kier alpha value is -2.82. The summed E-state index contributed by atoms with van der Waals surface area (Å²) in [5.74, 6) is -1.41. The van der Waals surface area contributed by atoms with Crippen molar-refractivity contribution in [1.29, 1.82) is 5.26 Å². The van der Waals surface area contributed by atoms with Crippen LogP contribution in [0.1, 0.15) is 19.8 Å². The van der Waals surface area contributed by atoms with Crippen molar-refractivity contribution in [2.45, 2.75) is 25.9 Å². The molecule has 2 atom stereocenters. The van der Waals surface area contributed by atoms with Gasteiger partial charge in [0.2, 0.25) is 6.41 Å². The number of nitrogens with zero attached hydrogens (tertiary/aromatic N) is 2. The molecule has 8 nitrogen and oxygen atoms in total. The van der Waals surface area contributed by atoms with E-state index in [2.05, 4.69) is 11.3 Å². The molecule has 0 N–H and O–H groups in total. The van der Waals surface area contributed by atoms with Crippen LogP contribution in [-0.2, 0) is 28.6 Å². The smallest absolute Gasteiger partial charge is 0.336 e. The Morgan fingerprint density at radius 3 is 2.52 bits per heavy atom. The number of allylic oxidation sites excluding steroid dienone is 1. The number of rotatable bonds is 12. The molecule has 0 aliphatic rings. The third-order valence-corrected chi connectivity index (χ3v) is 3.36. The number of methoxy groups -OCH3 is 2. The minimum absolute atomic E-state index is 0.0214. The standard InChI is InChI=1S/C17H24N2O6/c1-13(17(22)24-4)16(25-14(2)21)11-15(6-10-23-3)5-8-19(12-20)9-7-18/h6,10,12,15-16H,1,5,8-9,11H2,2-4H3/b10-6+/t15-,16-/m0/s1. The summed E-state index contributed by atoms with van der Waals surface area (Å²) in [4.78, 5) is 35.2. The fourth-order valence-electron chi connectivity index (χ4n) is 2.07. The highest BCUT2D eigenvalue weighted by atomic mass is 16.6. The summed E-state index contributed by atoms with van der Waals surface area (Å²) in [6, 6.07) is 1.90. The van der Waals surface area contributed by atoms with Crippen molar-refractivity contribution >= 4 is 18.3 Å². The van der Waals surface area contributed by atoms with Gasteiger partial charge in [-0.15, -0.1) is 0 Å². The lowest BCUT2D eigenvalue weighted by atomic mass is 9.94. The van der Waals surface area contributed by atoms with Crippen molar-refractivity contribution in [3.63, 3.8) is 0 Å². The summed E-state index contributed by atoms with van der Waals surface area (Å²) >= 11 is 0. The molecule has 0 rings (SSSR count). The monoisotopic (exact) mass is 352 g/mol. The SMILES string of the molecule is C=C(C(=O)OC)[C@H](C[C@H](/C=C/OC)CCN(C=O)CC#N)OC(C)=O. The summed E-state index contributed by atoms with van der Waals surface area (Å²) in [5.41, 5.74) is 0.0257. The Bertz CT molecular complexity index is 538. The molecule has 0 aliphatic heterocycles. The highest BCUT2D eigenvalue weighted by Gasteiger charge is 2.25. The van der Waals surface area contributed by atoms with Crippen LogP contribution >= 0.6 is 0 Å². The van der Waals surface area contributed by atoms with Gasteiger partial charge in [-0.05, 0) is 24.8 Å². The van der Waals surface area contributed by atoms with Crippen molar-refractivity contribution in [2.24, 2.45) is 5.92 Å². The third kappa shape index (κ3) is 9.15. The Kier molecular flexibility index (Phi) is 11.2. The first-order valence-corrected chi connectivity index (χ1v) is 7.59. The van der Waals surface area contributed by atoms with Crippen molar-refractivity contribution in [3.05, 3.63) is 24.5 Å². The molecular weight excluding hydrogens is 328 g/mol. The number of carbonyl (C=O) groups is 3. The number of ether oxygens (including phenoxy) is 3. The minimum Gasteiger partial charge on any atom is -0.505 e. The zero-order valence-corrected chi connectivity index (χ0v) is 14.8. The molecule has 0 saturated heterocycles. The van der Waals surface area contributed by atoms with Crippen LogP contribution < -0.4 is 0 Å². The second kappa shape index (κ2) is 12.6. The van der Waals surface area contributed by atoms with E-state index in [1.54, 1.807) is 6.08 Å². The number of hydrogen-bond acceptors (Lipinski definition) is 7.